The molecule has 1 aliphatic carbocycles. The molecule has 3 nitrogen and oxygen atoms in total. The number of para-hydroxylation sites is 1. The molecule has 1 amide bonds. The molecule has 0 atom stereocenters. The van der Waals surface area contributed by atoms with E-state index in [0.29, 0.717) is 6.04 Å². The number of hydrogen-bond acceptors (Lipinski definition) is 2. The summed E-state index contributed by atoms with van der Waals surface area (Å²) in [5.41, 5.74) is 2.97. The van der Waals surface area contributed by atoms with Crippen LogP contribution in [0.2, 0.25) is 0 Å². The molecular formula is C23H25BN2O. The summed E-state index contributed by atoms with van der Waals surface area (Å²) in [6.45, 7) is -0.230. The van der Waals surface area contributed by atoms with Gasteiger partial charge in [-0.05, 0) is 37.0 Å². The van der Waals surface area contributed by atoms with Crippen LogP contribution in [-0.4, -0.2) is 23.7 Å². The number of benzene rings is 2. The van der Waals surface area contributed by atoms with Gasteiger partial charge in [0.05, 0.1) is 5.56 Å². The molecule has 0 aromatic heterocycles. The van der Waals surface area contributed by atoms with Crippen LogP contribution in [-0.2, 0) is 6.42 Å². The van der Waals surface area contributed by atoms with Gasteiger partial charge in [-0.1, -0.05) is 67.5 Å². The normalized spacial score (nSPS) is 17.0. The van der Waals surface area contributed by atoms with Crippen LogP contribution in [0.4, 0.5) is 5.69 Å². The number of aryl methyl sites for hydroxylation is 1. The minimum absolute atomic E-state index is 0.124. The summed E-state index contributed by atoms with van der Waals surface area (Å²) in [4.78, 5) is 15.2. The van der Waals surface area contributed by atoms with E-state index in [4.69, 9.17) is 0 Å². The van der Waals surface area contributed by atoms with E-state index >= 15 is 0 Å². The molecule has 27 heavy (non-hydrogen) atoms. The maximum Gasteiger partial charge on any atom is 0.465 e. The SMILES string of the molecule is O=C1c2ccccc2NB(C#CCCc2ccccc2)N1C1CCCCC1. The molecule has 0 saturated heterocycles. The first-order valence-corrected chi connectivity index (χ1v) is 10.0. The largest absolute Gasteiger partial charge is 0.465 e. The fraction of sp³-hybridized carbons (Fsp3) is 0.348. The molecule has 0 radical (unpaired) electrons. The van der Waals surface area contributed by atoms with Crippen molar-refractivity contribution in [2.24, 2.45) is 0 Å². The molecule has 0 unspecified atom stereocenters. The van der Waals surface area contributed by atoms with Gasteiger partial charge in [0.15, 0.2) is 0 Å². The lowest BCUT2D eigenvalue weighted by Gasteiger charge is -2.40. The fourth-order valence-electron chi connectivity index (χ4n) is 4.13. The van der Waals surface area contributed by atoms with Gasteiger partial charge in [-0.3, -0.25) is 4.79 Å². The maximum atomic E-state index is 13.2. The Morgan fingerprint density at radius 2 is 1.74 bits per heavy atom. The molecule has 1 aliphatic heterocycles. The number of carbonyl (C=O) groups excluding carboxylic acids is 1. The lowest BCUT2D eigenvalue weighted by Crippen LogP contribution is -2.57. The van der Waals surface area contributed by atoms with Crippen molar-refractivity contribution in [3.05, 3.63) is 65.7 Å². The Bertz CT molecular complexity index is 849. The van der Waals surface area contributed by atoms with Gasteiger partial charge in [0.2, 0.25) is 5.91 Å². The maximum absolute atomic E-state index is 13.2. The van der Waals surface area contributed by atoms with E-state index in [1.54, 1.807) is 0 Å². The second-order valence-corrected chi connectivity index (χ2v) is 7.40. The highest BCUT2D eigenvalue weighted by atomic mass is 16.2. The summed E-state index contributed by atoms with van der Waals surface area (Å²) >= 11 is 0. The van der Waals surface area contributed by atoms with Crippen molar-refractivity contribution < 1.29 is 4.79 Å². The summed E-state index contributed by atoms with van der Waals surface area (Å²) < 4.78 is 0. The monoisotopic (exact) mass is 356 g/mol. The molecule has 0 spiro atoms. The van der Waals surface area contributed by atoms with Crippen LogP contribution in [0.25, 0.3) is 0 Å². The van der Waals surface area contributed by atoms with Crippen molar-refractivity contribution in [3.8, 4) is 11.7 Å². The van der Waals surface area contributed by atoms with Crippen LogP contribution in [0.5, 0.6) is 0 Å². The predicted octanol–water partition coefficient (Wildman–Crippen LogP) is 4.55. The van der Waals surface area contributed by atoms with Crippen molar-refractivity contribution in [2.45, 2.75) is 51.0 Å². The Morgan fingerprint density at radius 3 is 2.56 bits per heavy atom. The van der Waals surface area contributed by atoms with E-state index in [1.807, 2.05) is 35.1 Å². The zero-order valence-corrected chi connectivity index (χ0v) is 15.7. The second kappa shape index (κ2) is 8.35. The van der Waals surface area contributed by atoms with Crippen molar-refractivity contribution in [1.29, 1.82) is 0 Å². The first kappa shape index (κ1) is 17.7. The summed E-state index contributed by atoms with van der Waals surface area (Å²) in [6.07, 6.45) is 7.57. The van der Waals surface area contributed by atoms with E-state index in [-0.39, 0.29) is 12.9 Å². The van der Waals surface area contributed by atoms with Crippen LogP contribution < -0.4 is 5.23 Å². The van der Waals surface area contributed by atoms with Gasteiger partial charge in [0.1, 0.15) is 0 Å². The first-order valence-electron chi connectivity index (χ1n) is 10.0. The van der Waals surface area contributed by atoms with Crippen molar-refractivity contribution >= 4 is 18.6 Å². The molecule has 2 aromatic carbocycles. The van der Waals surface area contributed by atoms with Crippen LogP contribution in [0.3, 0.4) is 0 Å². The van der Waals surface area contributed by atoms with Crippen molar-refractivity contribution in [2.75, 3.05) is 5.23 Å². The zero-order valence-electron chi connectivity index (χ0n) is 15.7. The Labute approximate surface area is 162 Å². The molecule has 1 fully saturated rings. The van der Waals surface area contributed by atoms with Crippen LogP contribution >= 0.6 is 0 Å². The number of carbonyl (C=O) groups is 1. The van der Waals surface area contributed by atoms with E-state index in [1.165, 1.54) is 24.8 Å². The van der Waals surface area contributed by atoms with Gasteiger partial charge in [-0.25, -0.2) is 0 Å². The van der Waals surface area contributed by atoms with Gasteiger partial charge in [0, 0.05) is 18.2 Å². The summed E-state index contributed by atoms with van der Waals surface area (Å²) in [7, 11) is 0. The molecule has 4 heteroatoms. The standard InChI is InChI=1S/C23H25BN2O/c27-23-21-16-7-8-17-22(21)25-24(26(23)20-14-5-2-6-15-20)18-10-9-13-19-11-3-1-4-12-19/h1,3-4,7-8,11-12,16-17,20,25H,2,5-6,9,13-15H2. The Balaban J connectivity index is 1.53. The number of rotatable bonds is 3. The highest BCUT2D eigenvalue weighted by molar-refractivity contribution is 6.72. The number of hydrogen-bond donors (Lipinski definition) is 1. The molecule has 1 N–H and O–H groups in total. The zero-order chi connectivity index (χ0) is 18.5. The molecule has 1 heterocycles. The Morgan fingerprint density at radius 1 is 1.00 bits per heavy atom. The second-order valence-electron chi connectivity index (χ2n) is 7.40. The molecule has 1 saturated carbocycles. The highest BCUT2D eigenvalue weighted by Crippen LogP contribution is 2.30. The van der Waals surface area contributed by atoms with E-state index in [2.05, 4.69) is 41.2 Å². The van der Waals surface area contributed by atoms with Gasteiger partial charge < -0.3 is 10.0 Å². The van der Waals surface area contributed by atoms with E-state index in [0.717, 1.165) is 36.9 Å². The number of nitrogens with zero attached hydrogens (tertiary/aromatic N) is 1. The van der Waals surface area contributed by atoms with Crippen LogP contribution in [0, 0.1) is 11.7 Å². The topological polar surface area (TPSA) is 32.3 Å². The van der Waals surface area contributed by atoms with Gasteiger partial charge >= 0.3 is 6.98 Å². The average Bonchev–Trinajstić information content (AvgIpc) is 2.73. The molecule has 136 valence electrons. The van der Waals surface area contributed by atoms with E-state index < -0.39 is 0 Å². The summed E-state index contributed by atoms with van der Waals surface area (Å²) in [6, 6.07) is 18.5. The number of nitrogens with one attached hydrogen (secondary N) is 1. The third kappa shape index (κ3) is 4.03. The van der Waals surface area contributed by atoms with Crippen molar-refractivity contribution in [3.63, 3.8) is 0 Å². The third-order valence-corrected chi connectivity index (χ3v) is 5.55. The number of amides is 1. The first-order chi connectivity index (χ1) is 13.3. The smallest absolute Gasteiger partial charge is 0.397 e. The average molecular weight is 356 g/mol. The number of anilines is 1. The Hall–Kier alpha value is -2.67. The van der Waals surface area contributed by atoms with Crippen LogP contribution in [0.15, 0.2) is 54.6 Å². The van der Waals surface area contributed by atoms with Crippen molar-refractivity contribution in [1.82, 2.24) is 4.81 Å². The molecule has 2 aromatic rings. The molecular weight excluding hydrogens is 331 g/mol. The van der Waals surface area contributed by atoms with E-state index in [9.17, 15) is 4.79 Å². The highest BCUT2D eigenvalue weighted by Gasteiger charge is 2.39. The van der Waals surface area contributed by atoms with Gasteiger partial charge in [-0.2, -0.15) is 0 Å². The minimum Gasteiger partial charge on any atom is -0.397 e. The summed E-state index contributed by atoms with van der Waals surface area (Å²) in [5.74, 6) is 6.80. The van der Waals surface area contributed by atoms with Crippen LogP contribution in [0.1, 0.15) is 54.4 Å². The lowest BCUT2D eigenvalue weighted by atomic mass is 9.69. The lowest BCUT2D eigenvalue weighted by molar-refractivity contribution is 0.0787. The molecule has 4 rings (SSSR count). The fourth-order valence-corrected chi connectivity index (χ4v) is 4.13. The van der Waals surface area contributed by atoms with Gasteiger partial charge in [-0.15, -0.1) is 5.92 Å². The van der Waals surface area contributed by atoms with Gasteiger partial charge in [0.25, 0.3) is 0 Å². The number of fused-ring (bicyclic) bond motifs is 1. The predicted molar refractivity (Wildman–Crippen MR) is 111 cm³/mol. The Kier molecular flexibility index (Phi) is 5.49. The quantitative estimate of drug-likeness (QED) is 0.646. The summed E-state index contributed by atoms with van der Waals surface area (Å²) in [5, 5.41) is 3.50. The third-order valence-electron chi connectivity index (χ3n) is 5.55. The molecule has 0 bridgehead atoms. The minimum atomic E-state index is -0.230. The molecule has 2 aliphatic rings.